The van der Waals surface area contributed by atoms with Gasteiger partial charge < -0.3 is 10.1 Å². The first-order valence-corrected chi connectivity index (χ1v) is 8.43. The maximum absolute atomic E-state index is 6.01. The van der Waals surface area contributed by atoms with E-state index in [0.29, 0.717) is 0 Å². The smallest absolute Gasteiger partial charge is 0.123 e. The molecule has 1 N–H and O–H groups in total. The van der Waals surface area contributed by atoms with Crippen molar-refractivity contribution in [2.24, 2.45) is 0 Å². The van der Waals surface area contributed by atoms with Gasteiger partial charge in [0.1, 0.15) is 11.9 Å². The lowest BCUT2D eigenvalue weighted by atomic mass is 9.91. The molecule has 0 spiro atoms. The van der Waals surface area contributed by atoms with Gasteiger partial charge in [0.2, 0.25) is 0 Å². The van der Waals surface area contributed by atoms with Crippen molar-refractivity contribution < 1.29 is 4.74 Å². The molecule has 3 rings (SSSR count). The molecule has 0 amide bonds. The van der Waals surface area contributed by atoms with Crippen LogP contribution in [0.5, 0.6) is 5.75 Å². The minimum Gasteiger partial charge on any atom is -0.488 e. The fraction of sp³-hybridized carbons (Fsp3) is 0.444. The zero-order valence-electron chi connectivity index (χ0n) is 13.0. The van der Waals surface area contributed by atoms with E-state index >= 15 is 0 Å². The number of aryl methyl sites for hydroxylation is 1. The predicted octanol–water partition coefficient (Wildman–Crippen LogP) is 3.93. The fourth-order valence-electron chi connectivity index (χ4n) is 2.86. The van der Waals surface area contributed by atoms with Gasteiger partial charge in [-0.1, -0.05) is 37.6 Å². The number of ether oxygens (including phenoxy) is 1. The molecule has 1 atom stereocenters. The second-order valence-corrected chi connectivity index (χ2v) is 7.49. The summed E-state index contributed by atoms with van der Waals surface area (Å²) in [5.41, 5.74) is 2.83. The Balaban J connectivity index is 1.51. The van der Waals surface area contributed by atoms with Crippen LogP contribution >= 0.6 is 11.3 Å². The molecular weight excluding hydrogens is 278 g/mol. The van der Waals surface area contributed by atoms with Crippen LogP contribution in [0.2, 0.25) is 0 Å². The third-order valence-electron chi connectivity index (χ3n) is 4.08. The number of nitrogens with one attached hydrogen (secondary N) is 1. The lowest BCUT2D eigenvalue weighted by molar-refractivity contribution is 0.224. The van der Waals surface area contributed by atoms with Crippen LogP contribution in [0.4, 0.5) is 0 Å². The highest BCUT2D eigenvalue weighted by atomic mass is 32.1. The molecule has 2 heterocycles. The minimum atomic E-state index is 0.177. The van der Waals surface area contributed by atoms with Crippen molar-refractivity contribution in [1.29, 1.82) is 0 Å². The Morgan fingerprint density at radius 1 is 1.33 bits per heavy atom. The van der Waals surface area contributed by atoms with E-state index in [9.17, 15) is 0 Å². The molecule has 112 valence electrons. The van der Waals surface area contributed by atoms with Gasteiger partial charge in [0.15, 0.2) is 0 Å². The van der Waals surface area contributed by atoms with Gasteiger partial charge in [0.05, 0.1) is 0 Å². The summed E-state index contributed by atoms with van der Waals surface area (Å²) >= 11 is 1.83. The van der Waals surface area contributed by atoms with Crippen molar-refractivity contribution in [3.05, 3.63) is 51.7 Å². The molecule has 0 saturated carbocycles. The van der Waals surface area contributed by atoms with Crippen molar-refractivity contribution in [3.63, 3.8) is 0 Å². The summed E-state index contributed by atoms with van der Waals surface area (Å²) in [6.45, 7) is 8.60. The van der Waals surface area contributed by atoms with E-state index in [1.165, 1.54) is 16.0 Å². The van der Waals surface area contributed by atoms with Crippen LogP contribution in [0.1, 0.15) is 29.9 Å². The molecule has 21 heavy (non-hydrogen) atoms. The number of thiophene rings is 1. The van der Waals surface area contributed by atoms with Crippen LogP contribution < -0.4 is 10.1 Å². The number of rotatable bonds is 5. The average Bonchev–Trinajstić information content (AvgIpc) is 3.06. The van der Waals surface area contributed by atoms with E-state index in [1.807, 2.05) is 11.3 Å². The van der Waals surface area contributed by atoms with Gasteiger partial charge >= 0.3 is 0 Å². The third kappa shape index (κ3) is 3.30. The van der Waals surface area contributed by atoms with Gasteiger partial charge in [0.25, 0.3) is 0 Å². The number of benzene rings is 1. The Morgan fingerprint density at radius 2 is 2.19 bits per heavy atom. The molecular formula is C18H23NOS. The van der Waals surface area contributed by atoms with E-state index in [4.69, 9.17) is 4.74 Å². The summed E-state index contributed by atoms with van der Waals surface area (Å²) in [7, 11) is 0. The van der Waals surface area contributed by atoms with Crippen molar-refractivity contribution in [3.8, 4) is 5.75 Å². The van der Waals surface area contributed by atoms with Gasteiger partial charge in [-0.15, -0.1) is 11.3 Å². The maximum atomic E-state index is 6.01. The molecule has 1 aromatic carbocycles. The van der Waals surface area contributed by atoms with Gasteiger partial charge in [-0.25, -0.2) is 0 Å². The van der Waals surface area contributed by atoms with Gasteiger partial charge in [-0.05, 0) is 30.0 Å². The average molecular weight is 301 g/mol. The zero-order valence-corrected chi connectivity index (χ0v) is 13.8. The molecule has 0 radical (unpaired) electrons. The summed E-state index contributed by atoms with van der Waals surface area (Å²) in [6, 6.07) is 10.8. The highest BCUT2D eigenvalue weighted by Gasteiger charge is 2.25. The molecule has 1 aromatic heterocycles. The Kier molecular flexibility index (Phi) is 4.05. The summed E-state index contributed by atoms with van der Waals surface area (Å²) < 4.78 is 6.01. The van der Waals surface area contributed by atoms with Crippen molar-refractivity contribution in [2.75, 3.05) is 13.1 Å². The SMILES string of the molecule is Cc1ccc2c(c1)CC(CNCC(C)(C)c1cccs1)O2. The van der Waals surface area contributed by atoms with E-state index in [1.54, 1.807) is 0 Å². The molecule has 2 aromatic rings. The summed E-state index contributed by atoms with van der Waals surface area (Å²) in [5, 5.41) is 5.74. The zero-order chi connectivity index (χ0) is 14.9. The van der Waals surface area contributed by atoms with Crippen molar-refractivity contribution in [2.45, 2.75) is 38.7 Å². The van der Waals surface area contributed by atoms with Crippen molar-refractivity contribution >= 4 is 11.3 Å². The van der Waals surface area contributed by atoms with Gasteiger partial charge in [-0.3, -0.25) is 0 Å². The summed E-state index contributed by atoms with van der Waals surface area (Å²) in [6.07, 6.45) is 1.28. The van der Waals surface area contributed by atoms with E-state index in [0.717, 1.165) is 25.3 Å². The molecule has 0 fully saturated rings. The van der Waals surface area contributed by atoms with Gasteiger partial charge in [0, 0.05) is 29.8 Å². The molecule has 1 aliphatic rings. The first-order chi connectivity index (χ1) is 10.0. The maximum Gasteiger partial charge on any atom is 0.123 e. The number of fused-ring (bicyclic) bond motifs is 1. The monoisotopic (exact) mass is 301 g/mol. The minimum absolute atomic E-state index is 0.177. The Hall–Kier alpha value is -1.32. The predicted molar refractivity (Wildman–Crippen MR) is 89.5 cm³/mol. The first kappa shape index (κ1) is 14.6. The number of hydrogen-bond acceptors (Lipinski definition) is 3. The lowest BCUT2D eigenvalue weighted by Gasteiger charge is -2.24. The van der Waals surface area contributed by atoms with Crippen LogP contribution in [0.3, 0.4) is 0 Å². The Labute approximate surface area is 131 Å². The van der Waals surface area contributed by atoms with Crippen LogP contribution in [0, 0.1) is 6.92 Å². The second-order valence-electron chi connectivity index (χ2n) is 6.55. The molecule has 0 aliphatic carbocycles. The quantitative estimate of drug-likeness (QED) is 0.903. The largest absolute Gasteiger partial charge is 0.488 e. The van der Waals surface area contributed by atoms with E-state index in [-0.39, 0.29) is 11.5 Å². The molecule has 1 aliphatic heterocycles. The first-order valence-electron chi connectivity index (χ1n) is 7.55. The van der Waals surface area contributed by atoms with Crippen LogP contribution in [-0.2, 0) is 11.8 Å². The highest BCUT2D eigenvalue weighted by molar-refractivity contribution is 7.10. The highest BCUT2D eigenvalue weighted by Crippen LogP contribution is 2.30. The van der Waals surface area contributed by atoms with E-state index < -0.39 is 0 Å². The number of hydrogen-bond donors (Lipinski definition) is 1. The fourth-order valence-corrected chi connectivity index (χ4v) is 3.71. The summed E-state index contributed by atoms with van der Waals surface area (Å²) in [5.74, 6) is 1.06. The normalized spacial score (nSPS) is 17.6. The van der Waals surface area contributed by atoms with Crippen LogP contribution in [-0.4, -0.2) is 19.2 Å². The second kappa shape index (κ2) is 5.82. The Bertz CT molecular complexity index is 604. The van der Waals surface area contributed by atoms with Gasteiger partial charge in [-0.2, -0.15) is 0 Å². The molecule has 0 bridgehead atoms. The van der Waals surface area contributed by atoms with Crippen LogP contribution in [0.15, 0.2) is 35.7 Å². The van der Waals surface area contributed by atoms with Crippen molar-refractivity contribution in [1.82, 2.24) is 5.32 Å². The molecule has 2 nitrogen and oxygen atoms in total. The summed E-state index contributed by atoms with van der Waals surface area (Å²) in [4.78, 5) is 1.43. The topological polar surface area (TPSA) is 21.3 Å². The lowest BCUT2D eigenvalue weighted by Crippen LogP contribution is -2.38. The molecule has 0 saturated heterocycles. The van der Waals surface area contributed by atoms with E-state index in [2.05, 4.69) is 61.8 Å². The standard InChI is InChI=1S/C18H23NOS/c1-13-6-7-16-14(9-13)10-15(20-16)11-19-12-18(2,3)17-5-4-8-21-17/h4-9,15,19H,10-12H2,1-3H3. The Morgan fingerprint density at radius 3 is 2.95 bits per heavy atom. The molecule has 1 unspecified atom stereocenters. The third-order valence-corrected chi connectivity index (χ3v) is 5.32. The van der Waals surface area contributed by atoms with Crippen LogP contribution in [0.25, 0.3) is 0 Å². The molecule has 3 heteroatoms.